The predicted molar refractivity (Wildman–Crippen MR) is 78.5 cm³/mol. The van der Waals surface area contributed by atoms with Gasteiger partial charge in [-0.25, -0.2) is 9.48 Å². The molecule has 2 heterocycles. The first-order valence-corrected chi connectivity index (χ1v) is 7.55. The Hall–Kier alpha value is -1.11. The molecule has 0 radical (unpaired) electrons. The minimum absolute atomic E-state index is 0.136. The number of aromatic nitrogens is 3. The fraction of sp³-hybridized carbons (Fsp3) is 0.769. The number of hydrogen-bond acceptors (Lipinski definition) is 4. The van der Waals surface area contributed by atoms with Crippen molar-refractivity contribution < 1.29 is 9.53 Å². The van der Waals surface area contributed by atoms with Crippen molar-refractivity contribution in [3.63, 3.8) is 0 Å². The van der Waals surface area contributed by atoms with E-state index in [0.29, 0.717) is 6.54 Å². The van der Waals surface area contributed by atoms with Gasteiger partial charge in [0.2, 0.25) is 0 Å². The number of halogens is 1. The molecule has 1 fully saturated rings. The third-order valence-electron chi connectivity index (χ3n) is 3.40. The maximum Gasteiger partial charge on any atom is 0.410 e. The van der Waals surface area contributed by atoms with Gasteiger partial charge in [0.25, 0.3) is 0 Å². The first-order valence-electron chi connectivity index (χ1n) is 6.76. The SMILES string of the molecule is Cc1c(Br)nnn1[C@H]1C[C@H](C)N(C(=O)OC(C)(C)C)C1. The average molecular weight is 345 g/mol. The van der Waals surface area contributed by atoms with Crippen molar-refractivity contribution in [1.29, 1.82) is 0 Å². The highest BCUT2D eigenvalue weighted by Crippen LogP contribution is 2.30. The number of hydrogen-bond donors (Lipinski definition) is 0. The molecule has 0 aliphatic carbocycles. The van der Waals surface area contributed by atoms with E-state index < -0.39 is 5.60 Å². The van der Waals surface area contributed by atoms with Crippen LogP contribution in [0.15, 0.2) is 4.60 Å². The van der Waals surface area contributed by atoms with Gasteiger partial charge in [0.05, 0.1) is 11.7 Å². The maximum absolute atomic E-state index is 12.2. The van der Waals surface area contributed by atoms with E-state index in [2.05, 4.69) is 26.2 Å². The van der Waals surface area contributed by atoms with Gasteiger partial charge in [0, 0.05) is 12.6 Å². The molecule has 2 atom stereocenters. The topological polar surface area (TPSA) is 60.2 Å². The largest absolute Gasteiger partial charge is 0.444 e. The van der Waals surface area contributed by atoms with Crippen LogP contribution in [0.2, 0.25) is 0 Å². The van der Waals surface area contributed by atoms with Crippen molar-refractivity contribution in [2.45, 2.75) is 58.7 Å². The number of ether oxygens (including phenoxy) is 1. The van der Waals surface area contributed by atoms with Crippen LogP contribution in [0.5, 0.6) is 0 Å². The van der Waals surface area contributed by atoms with Crippen LogP contribution in [0, 0.1) is 6.92 Å². The van der Waals surface area contributed by atoms with E-state index >= 15 is 0 Å². The summed E-state index contributed by atoms with van der Waals surface area (Å²) in [5.41, 5.74) is 0.509. The second-order valence-corrected chi connectivity index (χ2v) is 7.03. The Morgan fingerprint density at radius 2 is 2.10 bits per heavy atom. The van der Waals surface area contributed by atoms with Crippen molar-refractivity contribution in [3.8, 4) is 0 Å². The number of amides is 1. The maximum atomic E-state index is 12.2. The van der Waals surface area contributed by atoms with Gasteiger partial charge >= 0.3 is 6.09 Å². The summed E-state index contributed by atoms with van der Waals surface area (Å²) in [6.07, 6.45) is 0.597. The van der Waals surface area contributed by atoms with Crippen LogP contribution in [0.4, 0.5) is 4.79 Å². The molecule has 1 aromatic heterocycles. The van der Waals surface area contributed by atoms with Gasteiger partial charge in [0.1, 0.15) is 5.60 Å². The number of likely N-dealkylation sites (tertiary alicyclic amines) is 1. The average Bonchev–Trinajstić information content (AvgIpc) is 2.82. The fourth-order valence-corrected chi connectivity index (χ4v) is 2.68. The summed E-state index contributed by atoms with van der Waals surface area (Å²) in [5, 5.41) is 8.15. The third-order valence-corrected chi connectivity index (χ3v) is 4.13. The molecule has 112 valence electrons. The lowest BCUT2D eigenvalue weighted by Gasteiger charge is -2.26. The van der Waals surface area contributed by atoms with Crippen LogP contribution in [-0.2, 0) is 4.74 Å². The second kappa shape index (κ2) is 5.35. The van der Waals surface area contributed by atoms with Crippen LogP contribution in [0.25, 0.3) is 0 Å². The van der Waals surface area contributed by atoms with Crippen LogP contribution in [0.3, 0.4) is 0 Å². The molecule has 6 nitrogen and oxygen atoms in total. The number of carbonyl (C=O) groups excluding carboxylic acids is 1. The van der Waals surface area contributed by atoms with E-state index in [1.165, 1.54) is 0 Å². The predicted octanol–water partition coefficient (Wildman–Crippen LogP) is 2.92. The molecule has 1 amide bonds. The van der Waals surface area contributed by atoms with Gasteiger partial charge in [-0.05, 0) is 57.0 Å². The number of carbonyl (C=O) groups is 1. The van der Waals surface area contributed by atoms with E-state index in [-0.39, 0.29) is 18.2 Å². The summed E-state index contributed by atoms with van der Waals surface area (Å²) < 4.78 is 8.07. The van der Waals surface area contributed by atoms with Crippen LogP contribution in [0.1, 0.15) is 45.9 Å². The molecule has 1 aromatic rings. The first kappa shape index (κ1) is 15.3. The summed E-state index contributed by atoms with van der Waals surface area (Å²) in [6, 6.07) is 0.286. The molecule has 0 unspecified atom stereocenters. The summed E-state index contributed by atoms with van der Waals surface area (Å²) in [6.45, 7) is 10.2. The quantitative estimate of drug-likeness (QED) is 0.785. The van der Waals surface area contributed by atoms with Gasteiger partial charge in [-0.3, -0.25) is 0 Å². The van der Waals surface area contributed by atoms with Gasteiger partial charge in [0.15, 0.2) is 4.60 Å². The monoisotopic (exact) mass is 344 g/mol. The molecular formula is C13H21BrN4O2. The van der Waals surface area contributed by atoms with E-state index in [1.807, 2.05) is 39.3 Å². The first-order chi connectivity index (χ1) is 9.19. The molecule has 2 rings (SSSR count). The Kier molecular flexibility index (Phi) is 4.09. The summed E-state index contributed by atoms with van der Waals surface area (Å²) in [7, 11) is 0. The smallest absolute Gasteiger partial charge is 0.410 e. The Morgan fingerprint density at radius 3 is 2.60 bits per heavy atom. The molecule has 1 aliphatic rings. The number of rotatable bonds is 1. The zero-order valence-electron chi connectivity index (χ0n) is 12.6. The van der Waals surface area contributed by atoms with Crippen molar-refractivity contribution in [2.24, 2.45) is 0 Å². The molecule has 0 N–H and O–H groups in total. The Balaban J connectivity index is 2.09. The van der Waals surface area contributed by atoms with Crippen molar-refractivity contribution in [3.05, 3.63) is 10.3 Å². The third kappa shape index (κ3) is 3.13. The molecule has 0 bridgehead atoms. The lowest BCUT2D eigenvalue weighted by atomic mass is 10.2. The summed E-state index contributed by atoms with van der Waals surface area (Å²) in [5.74, 6) is 0. The Labute approximate surface area is 127 Å². The summed E-state index contributed by atoms with van der Waals surface area (Å²) >= 11 is 3.36. The second-order valence-electron chi connectivity index (χ2n) is 6.28. The zero-order valence-corrected chi connectivity index (χ0v) is 14.1. The van der Waals surface area contributed by atoms with E-state index in [1.54, 1.807) is 4.90 Å². The van der Waals surface area contributed by atoms with E-state index in [9.17, 15) is 4.79 Å². The standard InChI is InChI=1S/C13H21BrN4O2/c1-8-6-10(18-9(2)11(14)15-16-18)7-17(8)12(19)20-13(3,4)5/h8,10H,6-7H2,1-5H3/t8-,10-/m0/s1. The minimum atomic E-state index is -0.471. The van der Waals surface area contributed by atoms with E-state index in [0.717, 1.165) is 16.7 Å². The molecule has 20 heavy (non-hydrogen) atoms. The number of nitrogens with zero attached hydrogens (tertiary/aromatic N) is 4. The van der Waals surface area contributed by atoms with Gasteiger partial charge in [-0.15, -0.1) is 5.10 Å². The normalized spacial score (nSPS) is 23.2. The highest BCUT2D eigenvalue weighted by Gasteiger charge is 2.37. The van der Waals surface area contributed by atoms with Crippen molar-refractivity contribution >= 4 is 22.0 Å². The minimum Gasteiger partial charge on any atom is -0.444 e. The molecule has 1 saturated heterocycles. The lowest BCUT2D eigenvalue weighted by Crippen LogP contribution is -2.39. The Bertz CT molecular complexity index is 509. The molecular weight excluding hydrogens is 324 g/mol. The molecule has 0 aromatic carbocycles. The van der Waals surface area contributed by atoms with Gasteiger partial charge in [-0.2, -0.15) is 0 Å². The molecule has 0 spiro atoms. The highest BCUT2D eigenvalue weighted by atomic mass is 79.9. The van der Waals surface area contributed by atoms with Crippen LogP contribution in [-0.4, -0.2) is 44.2 Å². The zero-order chi connectivity index (χ0) is 15.1. The fourth-order valence-electron chi connectivity index (χ4n) is 2.42. The molecule has 7 heteroatoms. The van der Waals surface area contributed by atoms with Gasteiger partial charge in [-0.1, -0.05) is 5.21 Å². The molecule has 1 aliphatic heterocycles. The van der Waals surface area contributed by atoms with Crippen LogP contribution >= 0.6 is 15.9 Å². The Morgan fingerprint density at radius 1 is 1.45 bits per heavy atom. The summed E-state index contributed by atoms with van der Waals surface area (Å²) in [4.78, 5) is 14.0. The molecule has 0 saturated carbocycles. The highest BCUT2D eigenvalue weighted by molar-refractivity contribution is 9.10. The van der Waals surface area contributed by atoms with Gasteiger partial charge < -0.3 is 9.64 Å². The van der Waals surface area contributed by atoms with Crippen molar-refractivity contribution in [2.75, 3.05) is 6.54 Å². The van der Waals surface area contributed by atoms with Crippen LogP contribution < -0.4 is 0 Å². The van der Waals surface area contributed by atoms with Crippen molar-refractivity contribution in [1.82, 2.24) is 19.9 Å². The van der Waals surface area contributed by atoms with E-state index in [4.69, 9.17) is 4.74 Å². The lowest BCUT2D eigenvalue weighted by molar-refractivity contribution is 0.0233.